The lowest BCUT2D eigenvalue weighted by Crippen LogP contribution is -2.26. The molecule has 0 aliphatic heterocycles. The highest BCUT2D eigenvalue weighted by atomic mass is 14.5. The maximum atomic E-state index is 2.52. The summed E-state index contributed by atoms with van der Waals surface area (Å²) in [6, 6.07) is 65.2. The topological polar surface area (TPSA) is 0 Å². The average Bonchev–Trinajstić information content (AvgIpc) is 3.57. The molecule has 0 saturated heterocycles. The largest absolute Gasteiger partial charge is 0.0725 e. The number of hydrogen-bond acceptors (Lipinski definition) is 0. The average molecular weight is 559 g/mol. The Morgan fingerprint density at radius 1 is 0.295 bits per heavy atom. The van der Waals surface area contributed by atoms with Gasteiger partial charge in [-0.3, -0.25) is 0 Å². The number of hydrogen-bond donors (Lipinski definition) is 0. The summed E-state index contributed by atoms with van der Waals surface area (Å²) in [5, 5.41) is 0. The Balaban J connectivity index is 1.28. The molecule has 0 bridgehead atoms. The second kappa shape index (κ2) is 9.79. The molecule has 0 N–H and O–H groups in total. The zero-order chi connectivity index (χ0) is 29.1. The second-order valence-corrected chi connectivity index (χ2v) is 12.0. The van der Waals surface area contributed by atoms with E-state index in [1.54, 1.807) is 0 Å². The van der Waals surface area contributed by atoms with Gasteiger partial charge in [0.1, 0.15) is 0 Å². The van der Waals surface area contributed by atoms with Crippen molar-refractivity contribution in [3.8, 4) is 33.4 Å². The molecule has 7 aromatic rings. The van der Waals surface area contributed by atoms with E-state index in [1.165, 1.54) is 72.3 Å². The predicted molar refractivity (Wildman–Crippen MR) is 182 cm³/mol. The van der Waals surface area contributed by atoms with Crippen LogP contribution in [0, 0.1) is 0 Å². The number of rotatable bonds is 4. The van der Waals surface area contributed by atoms with E-state index in [1.807, 2.05) is 0 Å². The minimum absolute atomic E-state index is 0.110. The lowest BCUT2D eigenvalue weighted by atomic mass is 9.70. The van der Waals surface area contributed by atoms with Crippen molar-refractivity contribution in [2.24, 2.45) is 0 Å². The van der Waals surface area contributed by atoms with Crippen molar-refractivity contribution in [2.75, 3.05) is 0 Å². The van der Waals surface area contributed by atoms with Crippen molar-refractivity contribution in [2.45, 2.75) is 11.3 Å². The van der Waals surface area contributed by atoms with Crippen molar-refractivity contribution >= 4 is 0 Å². The highest BCUT2D eigenvalue weighted by Gasteiger charge is 2.51. The molecule has 1 spiro atoms. The Bertz CT molecular complexity index is 2090. The lowest BCUT2D eigenvalue weighted by Gasteiger charge is -2.31. The van der Waals surface area contributed by atoms with Crippen LogP contribution < -0.4 is 0 Å². The van der Waals surface area contributed by atoms with Gasteiger partial charge in [-0.1, -0.05) is 176 Å². The summed E-state index contributed by atoms with van der Waals surface area (Å²) >= 11 is 0. The Morgan fingerprint density at radius 2 is 0.705 bits per heavy atom. The van der Waals surface area contributed by atoms with E-state index in [2.05, 4.69) is 176 Å². The molecular formula is C44H30. The van der Waals surface area contributed by atoms with Crippen LogP contribution in [0.5, 0.6) is 0 Å². The summed E-state index contributed by atoms with van der Waals surface area (Å²) in [5.41, 5.74) is 16.9. The molecule has 2 aliphatic carbocycles. The van der Waals surface area contributed by atoms with Gasteiger partial charge in [0.05, 0.1) is 5.41 Å². The monoisotopic (exact) mass is 558 g/mol. The molecule has 0 aromatic heterocycles. The molecule has 0 nitrogen and oxygen atoms in total. The van der Waals surface area contributed by atoms with Gasteiger partial charge in [-0.05, 0) is 72.3 Å². The van der Waals surface area contributed by atoms with Crippen LogP contribution in [-0.4, -0.2) is 0 Å². The van der Waals surface area contributed by atoms with Gasteiger partial charge in [0.25, 0.3) is 0 Å². The smallest absolute Gasteiger partial charge is 0.0622 e. The van der Waals surface area contributed by atoms with Crippen LogP contribution in [0.25, 0.3) is 33.4 Å². The van der Waals surface area contributed by atoms with Crippen molar-refractivity contribution in [3.63, 3.8) is 0 Å². The maximum absolute atomic E-state index is 2.52. The first-order chi connectivity index (χ1) is 21.8. The molecule has 0 heteroatoms. The quantitative estimate of drug-likeness (QED) is 0.189. The van der Waals surface area contributed by atoms with E-state index in [0.717, 1.165) is 0 Å². The summed E-state index contributed by atoms with van der Waals surface area (Å²) in [7, 11) is 0. The first-order valence-electron chi connectivity index (χ1n) is 15.5. The van der Waals surface area contributed by atoms with Crippen LogP contribution in [0.4, 0.5) is 0 Å². The summed E-state index contributed by atoms with van der Waals surface area (Å²) in [6.07, 6.45) is 0. The maximum Gasteiger partial charge on any atom is 0.0725 e. The molecule has 0 heterocycles. The van der Waals surface area contributed by atoms with Crippen LogP contribution in [-0.2, 0) is 5.41 Å². The molecule has 44 heavy (non-hydrogen) atoms. The Hall–Kier alpha value is -5.46. The zero-order valence-corrected chi connectivity index (χ0v) is 24.3. The SMILES string of the molecule is c1ccc(-c2ccc(C(c3ccccc3)c3ccc4c(c3)C3(c5ccccc5-c5ccccc53)c3ccccc3-4)cc2)cc1. The third kappa shape index (κ3) is 3.52. The van der Waals surface area contributed by atoms with Crippen molar-refractivity contribution in [1.29, 1.82) is 0 Å². The van der Waals surface area contributed by atoms with Crippen LogP contribution in [0.2, 0.25) is 0 Å². The van der Waals surface area contributed by atoms with E-state index < -0.39 is 0 Å². The molecule has 1 unspecified atom stereocenters. The lowest BCUT2D eigenvalue weighted by molar-refractivity contribution is 0.789. The van der Waals surface area contributed by atoms with E-state index in [9.17, 15) is 0 Å². The standard InChI is InChI=1S/C44H30/c1-3-13-30(14-4-1)31-23-25-33(26-24-31)43(32-15-5-2-6-16-32)34-27-28-38-37-19-9-12-22-41(37)44(42(38)29-34)39-20-10-7-17-35(39)36-18-8-11-21-40(36)44/h1-29,43H. The molecule has 206 valence electrons. The second-order valence-electron chi connectivity index (χ2n) is 12.0. The molecular weight excluding hydrogens is 528 g/mol. The highest BCUT2D eigenvalue weighted by Crippen LogP contribution is 2.63. The van der Waals surface area contributed by atoms with E-state index in [-0.39, 0.29) is 11.3 Å². The van der Waals surface area contributed by atoms with Crippen LogP contribution in [0.15, 0.2) is 176 Å². The molecule has 0 saturated carbocycles. The summed E-state index contributed by atoms with van der Waals surface area (Å²) in [6.45, 7) is 0. The Morgan fingerprint density at radius 3 is 1.27 bits per heavy atom. The van der Waals surface area contributed by atoms with E-state index in [0.29, 0.717) is 0 Å². The summed E-state index contributed by atoms with van der Waals surface area (Å²) < 4.78 is 0. The summed E-state index contributed by atoms with van der Waals surface area (Å²) in [4.78, 5) is 0. The molecule has 0 amide bonds. The van der Waals surface area contributed by atoms with Crippen molar-refractivity contribution in [1.82, 2.24) is 0 Å². The number of fused-ring (bicyclic) bond motifs is 10. The fourth-order valence-electron chi connectivity index (χ4n) is 8.01. The van der Waals surface area contributed by atoms with Gasteiger partial charge in [0.15, 0.2) is 0 Å². The third-order valence-electron chi connectivity index (χ3n) is 9.84. The number of benzene rings is 7. The third-order valence-corrected chi connectivity index (χ3v) is 9.84. The Kier molecular flexibility index (Phi) is 5.58. The predicted octanol–water partition coefficient (Wildman–Crippen LogP) is 10.9. The summed E-state index contributed by atoms with van der Waals surface area (Å²) in [5.74, 6) is 0.110. The Labute approximate surface area is 258 Å². The van der Waals surface area contributed by atoms with Crippen LogP contribution >= 0.6 is 0 Å². The fourth-order valence-corrected chi connectivity index (χ4v) is 8.01. The van der Waals surface area contributed by atoms with Gasteiger partial charge in [-0.25, -0.2) is 0 Å². The molecule has 0 fully saturated rings. The first-order valence-corrected chi connectivity index (χ1v) is 15.5. The van der Waals surface area contributed by atoms with Crippen molar-refractivity contribution in [3.05, 3.63) is 215 Å². The van der Waals surface area contributed by atoms with Gasteiger partial charge in [0, 0.05) is 5.92 Å². The van der Waals surface area contributed by atoms with Crippen molar-refractivity contribution < 1.29 is 0 Å². The van der Waals surface area contributed by atoms with Gasteiger partial charge in [-0.15, -0.1) is 0 Å². The zero-order valence-electron chi connectivity index (χ0n) is 24.3. The van der Waals surface area contributed by atoms with E-state index in [4.69, 9.17) is 0 Å². The molecule has 2 aliphatic rings. The van der Waals surface area contributed by atoms with Gasteiger partial charge >= 0.3 is 0 Å². The van der Waals surface area contributed by atoms with Gasteiger partial charge in [-0.2, -0.15) is 0 Å². The van der Waals surface area contributed by atoms with Gasteiger partial charge in [0.2, 0.25) is 0 Å². The first kappa shape index (κ1) is 25.1. The minimum Gasteiger partial charge on any atom is -0.0622 e. The van der Waals surface area contributed by atoms with Crippen LogP contribution in [0.1, 0.15) is 44.9 Å². The highest BCUT2D eigenvalue weighted by molar-refractivity contribution is 5.95. The normalized spacial score (nSPS) is 14.0. The van der Waals surface area contributed by atoms with Crippen LogP contribution in [0.3, 0.4) is 0 Å². The van der Waals surface area contributed by atoms with E-state index >= 15 is 0 Å². The molecule has 7 aromatic carbocycles. The molecule has 0 radical (unpaired) electrons. The fraction of sp³-hybridized carbons (Fsp3) is 0.0455. The minimum atomic E-state index is -0.340. The molecule has 1 atom stereocenters. The van der Waals surface area contributed by atoms with Gasteiger partial charge < -0.3 is 0 Å². The molecule has 9 rings (SSSR count).